The van der Waals surface area contributed by atoms with Gasteiger partial charge in [-0.15, -0.1) is 0 Å². The first-order valence-electron chi connectivity index (χ1n) is 6.49. The number of benzene rings is 1. The Kier molecular flexibility index (Phi) is 3.23. The van der Waals surface area contributed by atoms with Crippen molar-refractivity contribution in [2.45, 2.75) is 6.92 Å². The van der Waals surface area contributed by atoms with Crippen molar-refractivity contribution in [3.8, 4) is 0 Å². The molecule has 0 amide bonds. The van der Waals surface area contributed by atoms with Gasteiger partial charge in [0.05, 0.1) is 24.4 Å². The number of rotatable bonds is 2. The van der Waals surface area contributed by atoms with E-state index in [-0.39, 0.29) is 0 Å². The average molecular weight is 258 g/mol. The molecule has 0 bridgehead atoms. The second-order valence-corrected chi connectivity index (χ2v) is 4.75. The second-order valence-electron chi connectivity index (χ2n) is 4.75. The topological polar surface area (TPSA) is 63.4 Å². The summed E-state index contributed by atoms with van der Waals surface area (Å²) in [6.45, 7) is 5.34. The number of nitrogens with zero attached hydrogens (tertiary/aromatic N) is 2. The fraction of sp³-hybridized carbons (Fsp3) is 0.357. The molecule has 1 aliphatic rings. The minimum atomic E-state index is 0.730. The number of para-hydroxylation sites is 1. The number of nitrogen functional groups attached to an aromatic ring is 1. The van der Waals surface area contributed by atoms with Crippen LogP contribution in [0.5, 0.6) is 0 Å². The van der Waals surface area contributed by atoms with E-state index in [0.29, 0.717) is 0 Å². The van der Waals surface area contributed by atoms with Crippen LogP contribution in [0.3, 0.4) is 0 Å². The zero-order valence-corrected chi connectivity index (χ0v) is 11.0. The summed E-state index contributed by atoms with van der Waals surface area (Å²) in [5, 5.41) is 1.14. The molecule has 1 aliphatic heterocycles. The van der Waals surface area contributed by atoms with Crippen molar-refractivity contribution in [3.05, 3.63) is 29.8 Å². The van der Waals surface area contributed by atoms with Crippen LogP contribution in [0.1, 0.15) is 5.56 Å². The molecule has 19 heavy (non-hydrogen) atoms. The first-order valence-corrected chi connectivity index (χ1v) is 6.49. The molecule has 5 heteroatoms. The normalized spacial score (nSPS) is 15.8. The summed E-state index contributed by atoms with van der Waals surface area (Å²) in [4.78, 5) is 6.96. The smallest absolute Gasteiger partial charge is 0.143 e. The molecule has 0 radical (unpaired) electrons. The van der Waals surface area contributed by atoms with Crippen molar-refractivity contribution >= 4 is 22.4 Å². The van der Waals surface area contributed by atoms with Gasteiger partial charge in [0.2, 0.25) is 0 Å². The van der Waals surface area contributed by atoms with E-state index >= 15 is 0 Å². The zero-order valence-electron chi connectivity index (χ0n) is 11.0. The van der Waals surface area contributed by atoms with Gasteiger partial charge >= 0.3 is 0 Å². The number of nitrogens with two attached hydrogens (primary N) is 1. The van der Waals surface area contributed by atoms with Gasteiger partial charge in [-0.1, -0.05) is 12.1 Å². The molecule has 0 saturated carbocycles. The minimum absolute atomic E-state index is 0.730. The average Bonchev–Trinajstić information content (AvgIpc) is 2.46. The molecule has 2 aromatic rings. The molecule has 2 heterocycles. The lowest BCUT2D eigenvalue weighted by molar-refractivity contribution is 0.123. The lowest BCUT2D eigenvalue weighted by Crippen LogP contribution is -2.36. The van der Waals surface area contributed by atoms with Crippen LogP contribution in [0.2, 0.25) is 0 Å². The van der Waals surface area contributed by atoms with Gasteiger partial charge in [-0.25, -0.2) is 10.8 Å². The van der Waals surface area contributed by atoms with E-state index in [9.17, 15) is 0 Å². The van der Waals surface area contributed by atoms with Crippen LogP contribution in [-0.2, 0) is 4.74 Å². The maximum Gasteiger partial charge on any atom is 0.143 e. The van der Waals surface area contributed by atoms with Gasteiger partial charge in [0, 0.05) is 18.5 Å². The summed E-state index contributed by atoms with van der Waals surface area (Å²) in [5.41, 5.74) is 5.85. The SMILES string of the molecule is Cc1cc2cccc(N3CCOCC3)c2nc1NN. The molecule has 3 N–H and O–H groups in total. The highest BCUT2D eigenvalue weighted by Gasteiger charge is 2.15. The lowest BCUT2D eigenvalue weighted by Gasteiger charge is -2.29. The molecule has 1 aromatic carbocycles. The Morgan fingerprint density at radius 1 is 1.32 bits per heavy atom. The number of ether oxygens (including phenoxy) is 1. The lowest BCUT2D eigenvalue weighted by atomic mass is 10.1. The molecule has 3 rings (SSSR count). The van der Waals surface area contributed by atoms with Crippen LogP contribution >= 0.6 is 0 Å². The van der Waals surface area contributed by atoms with Crippen molar-refractivity contribution in [2.75, 3.05) is 36.6 Å². The van der Waals surface area contributed by atoms with E-state index < -0.39 is 0 Å². The number of fused-ring (bicyclic) bond motifs is 1. The van der Waals surface area contributed by atoms with Crippen molar-refractivity contribution < 1.29 is 4.74 Å². The Bertz CT molecular complexity index is 593. The molecule has 0 atom stereocenters. The number of hydrogen-bond acceptors (Lipinski definition) is 5. The molecule has 1 saturated heterocycles. The fourth-order valence-corrected chi connectivity index (χ4v) is 2.49. The molecule has 0 aliphatic carbocycles. The molecular formula is C14H18N4O. The zero-order chi connectivity index (χ0) is 13.2. The number of pyridine rings is 1. The monoisotopic (exact) mass is 258 g/mol. The summed E-state index contributed by atoms with van der Waals surface area (Å²) < 4.78 is 5.40. The maximum absolute atomic E-state index is 5.52. The van der Waals surface area contributed by atoms with Gasteiger partial charge in [0.25, 0.3) is 0 Å². The van der Waals surface area contributed by atoms with Gasteiger partial charge in [0.15, 0.2) is 0 Å². The fourth-order valence-electron chi connectivity index (χ4n) is 2.49. The highest BCUT2D eigenvalue weighted by atomic mass is 16.5. The first-order chi connectivity index (χ1) is 9.29. The summed E-state index contributed by atoms with van der Waals surface area (Å²) in [7, 11) is 0. The standard InChI is InChI=1S/C14H18N4O/c1-10-9-11-3-2-4-12(13(11)16-14(10)17-15)18-5-7-19-8-6-18/h2-4,9H,5-8,15H2,1H3,(H,16,17). The van der Waals surface area contributed by atoms with Crippen molar-refractivity contribution in [3.63, 3.8) is 0 Å². The van der Waals surface area contributed by atoms with Crippen molar-refractivity contribution in [1.29, 1.82) is 0 Å². The number of nitrogens with one attached hydrogen (secondary N) is 1. The molecule has 5 nitrogen and oxygen atoms in total. The molecular weight excluding hydrogens is 240 g/mol. The van der Waals surface area contributed by atoms with Crippen LogP contribution in [0, 0.1) is 6.92 Å². The first kappa shape index (κ1) is 12.2. The highest BCUT2D eigenvalue weighted by molar-refractivity contribution is 5.92. The number of hydrazine groups is 1. The predicted octanol–water partition coefficient (Wildman–Crippen LogP) is 1.67. The third-order valence-electron chi connectivity index (χ3n) is 3.50. The highest BCUT2D eigenvalue weighted by Crippen LogP contribution is 2.28. The number of anilines is 2. The van der Waals surface area contributed by atoms with E-state index in [2.05, 4.69) is 39.6 Å². The molecule has 1 fully saturated rings. The van der Waals surface area contributed by atoms with E-state index in [0.717, 1.165) is 54.3 Å². The van der Waals surface area contributed by atoms with Gasteiger partial charge in [-0.05, 0) is 24.6 Å². The maximum atomic E-state index is 5.52. The summed E-state index contributed by atoms with van der Waals surface area (Å²) in [6.07, 6.45) is 0. The summed E-state index contributed by atoms with van der Waals surface area (Å²) in [5.74, 6) is 6.25. The molecule has 0 unspecified atom stereocenters. The van der Waals surface area contributed by atoms with E-state index in [4.69, 9.17) is 10.6 Å². The number of hydrogen-bond donors (Lipinski definition) is 2. The van der Waals surface area contributed by atoms with Gasteiger partial charge < -0.3 is 15.1 Å². The molecule has 100 valence electrons. The van der Waals surface area contributed by atoms with E-state index in [1.54, 1.807) is 0 Å². The number of aryl methyl sites for hydroxylation is 1. The third kappa shape index (κ3) is 2.22. The van der Waals surface area contributed by atoms with Crippen molar-refractivity contribution in [1.82, 2.24) is 4.98 Å². The van der Waals surface area contributed by atoms with Crippen LogP contribution in [-0.4, -0.2) is 31.3 Å². The summed E-state index contributed by atoms with van der Waals surface area (Å²) >= 11 is 0. The van der Waals surface area contributed by atoms with Gasteiger partial charge in [-0.3, -0.25) is 0 Å². The van der Waals surface area contributed by atoms with Gasteiger partial charge in [0.1, 0.15) is 5.82 Å². The Labute approximate surface area is 112 Å². The third-order valence-corrected chi connectivity index (χ3v) is 3.50. The Morgan fingerprint density at radius 3 is 2.84 bits per heavy atom. The largest absolute Gasteiger partial charge is 0.378 e. The second kappa shape index (κ2) is 5.03. The van der Waals surface area contributed by atoms with Crippen LogP contribution in [0.4, 0.5) is 11.5 Å². The van der Waals surface area contributed by atoms with Crippen molar-refractivity contribution in [2.24, 2.45) is 5.84 Å². The van der Waals surface area contributed by atoms with E-state index in [1.807, 2.05) is 6.92 Å². The Morgan fingerprint density at radius 2 is 2.11 bits per heavy atom. The Hall–Kier alpha value is -1.85. The number of morpholine rings is 1. The van der Waals surface area contributed by atoms with Gasteiger partial charge in [-0.2, -0.15) is 0 Å². The minimum Gasteiger partial charge on any atom is -0.378 e. The molecule has 1 aromatic heterocycles. The van der Waals surface area contributed by atoms with Crippen LogP contribution in [0.25, 0.3) is 10.9 Å². The summed E-state index contributed by atoms with van der Waals surface area (Å²) in [6, 6.07) is 8.38. The number of aromatic nitrogens is 1. The molecule has 0 spiro atoms. The van der Waals surface area contributed by atoms with Crippen LogP contribution < -0.4 is 16.2 Å². The van der Waals surface area contributed by atoms with E-state index in [1.165, 1.54) is 0 Å². The predicted molar refractivity (Wildman–Crippen MR) is 77.3 cm³/mol. The quantitative estimate of drug-likeness (QED) is 0.633. The Balaban J connectivity index is 2.13. The van der Waals surface area contributed by atoms with Crippen LogP contribution in [0.15, 0.2) is 24.3 Å².